The van der Waals surface area contributed by atoms with Crippen molar-refractivity contribution in [2.45, 2.75) is 19.5 Å². The maximum Gasteiger partial charge on any atom is 0.159 e. The Morgan fingerprint density at radius 1 is 0.957 bits per heavy atom. The molecule has 0 fully saturated rings. The van der Waals surface area contributed by atoms with Crippen molar-refractivity contribution in [3.63, 3.8) is 0 Å². The summed E-state index contributed by atoms with van der Waals surface area (Å²) < 4.78 is 0. The minimum absolute atomic E-state index is 0.775. The highest BCUT2D eigenvalue weighted by Gasteiger charge is 2.19. The Labute approximate surface area is 135 Å². The van der Waals surface area contributed by atoms with E-state index in [0.29, 0.717) is 0 Å². The van der Waals surface area contributed by atoms with Crippen LogP contribution in [-0.2, 0) is 19.5 Å². The van der Waals surface area contributed by atoms with Gasteiger partial charge in [-0.05, 0) is 41.8 Å². The Balaban J connectivity index is 1.56. The first-order valence-corrected chi connectivity index (χ1v) is 7.75. The first kappa shape index (κ1) is 14.0. The van der Waals surface area contributed by atoms with Gasteiger partial charge in [-0.25, -0.2) is 9.97 Å². The van der Waals surface area contributed by atoms with E-state index >= 15 is 0 Å². The molecule has 0 spiro atoms. The van der Waals surface area contributed by atoms with Gasteiger partial charge in [0, 0.05) is 56.2 Å². The maximum atomic E-state index is 4.78. The van der Waals surface area contributed by atoms with Crippen LogP contribution in [0.5, 0.6) is 0 Å². The van der Waals surface area contributed by atoms with Gasteiger partial charge in [0.25, 0.3) is 0 Å². The van der Waals surface area contributed by atoms with Crippen molar-refractivity contribution in [2.75, 3.05) is 6.54 Å². The molecule has 0 amide bonds. The highest BCUT2D eigenvalue weighted by Crippen LogP contribution is 2.21. The second-order valence-electron chi connectivity index (χ2n) is 5.72. The third-order valence-corrected chi connectivity index (χ3v) is 4.12. The molecule has 1 aliphatic heterocycles. The lowest BCUT2D eigenvalue weighted by Crippen LogP contribution is -2.31. The van der Waals surface area contributed by atoms with Crippen LogP contribution in [0.2, 0.25) is 0 Å². The van der Waals surface area contributed by atoms with Crippen LogP contribution >= 0.6 is 0 Å². The summed E-state index contributed by atoms with van der Waals surface area (Å²) in [7, 11) is 0. The highest BCUT2D eigenvalue weighted by molar-refractivity contribution is 5.54. The first-order chi connectivity index (χ1) is 11.4. The smallest absolute Gasteiger partial charge is 0.159 e. The molecule has 0 radical (unpaired) electrons. The van der Waals surface area contributed by atoms with E-state index in [1.54, 1.807) is 12.4 Å². The summed E-state index contributed by atoms with van der Waals surface area (Å²) in [4.78, 5) is 19.8. The molecule has 1 aliphatic rings. The Morgan fingerprint density at radius 3 is 2.48 bits per heavy atom. The third kappa shape index (κ3) is 3.10. The van der Waals surface area contributed by atoms with E-state index in [4.69, 9.17) is 4.98 Å². The minimum atomic E-state index is 0.775. The van der Waals surface area contributed by atoms with E-state index in [0.717, 1.165) is 43.1 Å². The van der Waals surface area contributed by atoms with Crippen LogP contribution < -0.4 is 0 Å². The predicted molar refractivity (Wildman–Crippen MR) is 87.3 cm³/mol. The van der Waals surface area contributed by atoms with Crippen molar-refractivity contribution in [1.29, 1.82) is 0 Å². The molecule has 0 aliphatic carbocycles. The molecule has 0 unspecified atom stereocenters. The van der Waals surface area contributed by atoms with E-state index in [1.165, 1.54) is 11.1 Å². The van der Waals surface area contributed by atoms with Gasteiger partial charge in [-0.2, -0.15) is 0 Å². The fraction of sp³-hybridized carbons (Fsp3) is 0.222. The Kier molecular flexibility index (Phi) is 3.78. The molecule has 3 aromatic rings. The second kappa shape index (κ2) is 6.22. The lowest BCUT2D eigenvalue weighted by atomic mass is 10.1. The molecule has 4 heterocycles. The monoisotopic (exact) mass is 303 g/mol. The van der Waals surface area contributed by atoms with E-state index in [2.05, 4.69) is 32.0 Å². The molecule has 0 aromatic carbocycles. The molecule has 5 nitrogen and oxygen atoms in total. The topological polar surface area (TPSA) is 54.8 Å². The van der Waals surface area contributed by atoms with Crippen molar-refractivity contribution in [1.82, 2.24) is 24.8 Å². The molecule has 5 heteroatoms. The summed E-state index contributed by atoms with van der Waals surface area (Å²) in [5, 5.41) is 0. The van der Waals surface area contributed by atoms with Crippen LogP contribution in [0.4, 0.5) is 0 Å². The third-order valence-electron chi connectivity index (χ3n) is 4.12. The zero-order chi connectivity index (χ0) is 15.5. The number of fused-ring (bicyclic) bond motifs is 1. The van der Waals surface area contributed by atoms with Crippen LogP contribution in [0, 0.1) is 0 Å². The van der Waals surface area contributed by atoms with Crippen molar-refractivity contribution in [3.8, 4) is 11.4 Å². The van der Waals surface area contributed by atoms with Crippen LogP contribution in [0.3, 0.4) is 0 Å². The largest absolute Gasteiger partial charge is 0.293 e. The first-order valence-electron chi connectivity index (χ1n) is 7.75. The lowest BCUT2D eigenvalue weighted by molar-refractivity contribution is 0.241. The van der Waals surface area contributed by atoms with E-state index in [9.17, 15) is 0 Å². The molecule has 0 atom stereocenters. The SMILES string of the molecule is c1cc(CN2CCc3cnc(-c4ccncc4)nc3C2)ccn1. The standard InChI is InChI=1S/C18H17N5/c1-6-19-7-2-14(1)12-23-10-5-16-11-21-18(22-17(16)13-23)15-3-8-20-9-4-15/h1-4,6-9,11H,5,10,12-13H2. The van der Waals surface area contributed by atoms with Gasteiger partial charge in [-0.1, -0.05) is 0 Å². The summed E-state index contributed by atoms with van der Waals surface area (Å²) in [5.41, 5.74) is 4.68. The number of hydrogen-bond acceptors (Lipinski definition) is 5. The molecule has 0 saturated heterocycles. The zero-order valence-corrected chi connectivity index (χ0v) is 12.8. The fourth-order valence-electron chi connectivity index (χ4n) is 2.88. The number of aromatic nitrogens is 4. The maximum absolute atomic E-state index is 4.78. The van der Waals surface area contributed by atoms with E-state index < -0.39 is 0 Å². The fourth-order valence-corrected chi connectivity index (χ4v) is 2.88. The van der Waals surface area contributed by atoms with Crippen LogP contribution in [0.15, 0.2) is 55.2 Å². The Morgan fingerprint density at radius 2 is 1.70 bits per heavy atom. The summed E-state index contributed by atoms with van der Waals surface area (Å²) in [5.74, 6) is 0.775. The molecular formula is C18H17N5. The van der Waals surface area contributed by atoms with E-state index in [1.807, 2.05) is 30.7 Å². The van der Waals surface area contributed by atoms with Crippen molar-refractivity contribution >= 4 is 0 Å². The molecular weight excluding hydrogens is 286 g/mol. The highest BCUT2D eigenvalue weighted by atomic mass is 15.1. The number of hydrogen-bond donors (Lipinski definition) is 0. The lowest BCUT2D eigenvalue weighted by Gasteiger charge is -2.28. The number of nitrogens with zero attached hydrogens (tertiary/aromatic N) is 5. The summed E-state index contributed by atoms with van der Waals surface area (Å²) in [6.07, 6.45) is 10.2. The number of rotatable bonds is 3. The van der Waals surface area contributed by atoms with Gasteiger partial charge < -0.3 is 0 Å². The summed E-state index contributed by atoms with van der Waals surface area (Å²) in [6, 6.07) is 8.02. The van der Waals surface area contributed by atoms with Gasteiger partial charge in [0.15, 0.2) is 5.82 Å². The van der Waals surface area contributed by atoms with Gasteiger partial charge in [0.2, 0.25) is 0 Å². The summed E-state index contributed by atoms with van der Waals surface area (Å²) in [6.45, 7) is 2.82. The van der Waals surface area contributed by atoms with Gasteiger partial charge in [-0.3, -0.25) is 14.9 Å². The molecule has 114 valence electrons. The van der Waals surface area contributed by atoms with Gasteiger partial charge in [0.05, 0.1) is 5.69 Å². The molecule has 4 rings (SSSR count). The molecule has 3 aromatic heterocycles. The Hall–Kier alpha value is -2.66. The average molecular weight is 303 g/mol. The molecule has 0 N–H and O–H groups in total. The van der Waals surface area contributed by atoms with E-state index in [-0.39, 0.29) is 0 Å². The van der Waals surface area contributed by atoms with Crippen molar-refractivity contribution in [3.05, 3.63) is 72.1 Å². The van der Waals surface area contributed by atoms with Crippen LogP contribution in [0.25, 0.3) is 11.4 Å². The van der Waals surface area contributed by atoms with Crippen LogP contribution in [-0.4, -0.2) is 31.4 Å². The van der Waals surface area contributed by atoms with Gasteiger partial charge in [0.1, 0.15) is 0 Å². The van der Waals surface area contributed by atoms with Crippen molar-refractivity contribution in [2.24, 2.45) is 0 Å². The van der Waals surface area contributed by atoms with Gasteiger partial charge in [-0.15, -0.1) is 0 Å². The average Bonchev–Trinajstić information content (AvgIpc) is 2.63. The van der Waals surface area contributed by atoms with Crippen LogP contribution in [0.1, 0.15) is 16.8 Å². The molecule has 0 saturated carbocycles. The Bertz CT molecular complexity index is 789. The summed E-state index contributed by atoms with van der Waals surface area (Å²) >= 11 is 0. The van der Waals surface area contributed by atoms with Crippen molar-refractivity contribution < 1.29 is 0 Å². The predicted octanol–water partition coefficient (Wildman–Crippen LogP) is 2.49. The molecule has 23 heavy (non-hydrogen) atoms. The minimum Gasteiger partial charge on any atom is -0.293 e. The second-order valence-corrected chi connectivity index (χ2v) is 5.72. The normalized spacial score (nSPS) is 14.4. The number of pyridine rings is 2. The molecule has 0 bridgehead atoms. The van der Waals surface area contributed by atoms with Gasteiger partial charge >= 0.3 is 0 Å². The quantitative estimate of drug-likeness (QED) is 0.744. The zero-order valence-electron chi connectivity index (χ0n) is 12.8.